The molecule has 1 aromatic carbocycles. The zero-order valence-corrected chi connectivity index (χ0v) is 13.9. The molecule has 0 heterocycles. The fourth-order valence-electron chi connectivity index (χ4n) is 1.39. The first-order chi connectivity index (χ1) is 10.4. The lowest BCUT2D eigenvalue weighted by molar-refractivity contribution is 0.0526. The van der Waals surface area contributed by atoms with Gasteiger partial charge < -0.3 is 9.47 Å². The molecule has 6 nitrogen and oxygen atoms in total. The Morgan fingerprint density at radius 3 is 2.52 bits per heavy atom. The van der Waals surface area contributed by atoms with Gasteiger partial charge in [0.15, 0.2) is 11.6 Å². The third-order valence-electron chi connectivity index (χ3n) is 3.13. The van der Waals surface area contributed by atoms with Crippen molar-refractivity contribution in [2.75, 3.05) is 12.4 Å². The van der Waals surface area contributed by atoms with E-state index in [4.69, 9.17) is 14.0 Å². The number of carbonyl (C=O) groups is 1. The molecule has 0 aliphatic rings. The molecule has 0 saturated carbocycles. The van der Waals surface area contributed by atoms with Crippen LogP contribution in [0.5, 0.6) is 5.75 Å². The lowest BCUT2D eigenvalue weighted by Crippen LogP contribution is -2.29. The molecule has 0 aliphatic heterocycles. The van der Waals surface area contributed by atoms with Crippen molar-refractivity contribution >= 4 is 16.1 Å². The van der Waals surface area contributed by atoms with Crippen LogP contribution in [0.4, 0.5) is 4.39 Å². The van der Waals surface area contributed by atoms with Gasteiger partial charge in [-0.05, 0) is 44.5 Å². The van der Waals surface area contributed by atoms with E-state index in [1.165, 1.54) is 6.07 Å². The summed E-state index contributed by atoms with van der Waals surface area (Å²) in [5, 5.41) is 0. The summed E-state index contributed by atoms with van der Waals surface area (Å²) in [5.41, 5.74) is -0.179. The summed E-state index contributed by atoms with van der Waals surface area (Å²) in [7, 11) is -4.22. The third kappa shape index (κ3) is 5.99. The van der Waals surface area contributed by atoms with Gasteiger partial charge in [0.05, 0.1) is 5.56 Å². The molecule has 0 aliphatic carbocycles. The Hall–Kier alpha value is -1.93. The Labute approximate surface area is 134 Å². The molecule has 0 saturated heterocycles. The first kappa shape index (κ1) is 19.1. The highest BCUT2D eigenvalue weighted by molar-refractivity contribution is 7.85. The zero-order chi connectivity index (χ0) is 17.8. The highest BCUT2D eigenvalue weighted by Gasteiger charge is 2.23. The quantitative estimate of drug-likeness (QED) is 0.464. The molecular weight excluding hydrogens is 327 g/mol. The molecule has 23 heavy (non-hydrogen) atoms. The van der Waals surface area contributed by atoms with Gasteiger partial charge in [0, 0.05) is 0 Å². The summed E-state index contributed by atoms with van der Waals surface area (Å²) in [5.74, 6) is -2.38. The van der Waals surface area contributed by atoms with E-state index in [2.05, 4.69) is 6.58 Å². The average molecular weight is 346 g/mol. The fourth-order valence-corrected chi connectivity index (χ4v) is 1.69. The number of rotatable bonds is 7. The molecule has 0 aromatic heterocycles. The van der Waals surface area contributed by atoms with Crippen molar-refractivity contribution in [1.82, 2.24) is 0 Å². The van der Waals surface area contributed by atoms with E-state index < -0.39 is 39.9 Å². The number of ether oxygens (including phenoxy) is 2. The van der Waals surface area contributed by atoms with Crippen LogP contribution in [-0.2, 0) is 14.9 Å². The van der Waals surface area contributed by atoms with Gasteiger partial charge in [0.25, 0.3) is 10.1 Å². The van der Waals surface area contributed by atoms with Crippen LogP contribution in [0.15, 0.2) is 30.4 Å². The second-order valence-corrected chi connectivity index (χ2v) is 7.03. The molecule has 0 bridgehead atoms. The topological polar surface area (TPSA) is 89.9 Å². The van der Waals surface area contributed by atoms with Crippen LogP contribution in [0, 0.1) is 5.82 Å². The minimum Gasteiger partial charge on any atom is -0.480 e. The number of esters is 1. The molecule has 0 spiro atoms. The molecule has 1 aromatic rings. The number of halogens is 1. The van der Waals surface area contributed by atoms with E-state index in [0.717, 1.165) is 12.1 Å². The summed E-state index contributed by atoms with van der Waals surface area (Å²) >= 11 is 0. The maximum atomic E-state index is 13.8. The molecular formula is C15H19FO6S. The Balaban J connectivity index is 2.88. The van der Waals surface area contributed by atoms with Gasteiger partial charge in [0.2, 0.25) is 0 Å². The van der Waals surface area contributed by atoms with E-state index in [9.17, 15) is 17.6 Å². The van der Waals surface area contributed by atoms with E-state index in [1.807, 2.05) is 0 Å². The average Bonchev–Trinajstić information content (AvgIpc) is 2.39. The van der Waals surface area contributed by atoms with Crippen LogP contribution in [0.25, 0.3) is 0 Å². The van der Waals surface area contributed by atoms with Crippen molar-refractivity contribution in [3.63, 3.8) is 0 Å². The third-order valence-corrected chi connectivity index (χ3v) is 3.82. The van der Waals surface area contributed by atoms with Gasteiger partial charge in [0.1, 0.15) is 18.0 Å². The van der Waals surface area contributed by atoms with E-state index >= 15 is 0 Å². The fraction of sp³-hybridized carbons (Fsp3) is 0.400. The van der Waals surface area contributed by atoms with E-state index in [0.29, 0.717) is 5.57 Å². The second kappa shape index (κ2) is 7.10. The van der Waals surface area contributed by atoms with Gasteiger partial charge in [-0.25, -0.2) is 9.18 Å². The normalized spacial score (nSPS) is 11.9. The number of hydrogen-bond donors (Lipinski definition) is 1. The summed E-state index contributed by atoms with van der Waals surface area (Å²) < 4.78 is 53.7. The van der Waals surface area contributed by atoms with Crippen LogP contribution in [0.3, 0.4) is 0 Å². The van der Waals surface area contributed by atoms with Crippen molar-refractivity contribution in [2.24, 2.45) is 0 Å². The second-order valence-electron chi connectivity index (χ2n) is 5.46. The molecule has 1 rings (SSSR count). The van der Waals surface area contributed by atoms with Gasteiger partial charge >= 0.3 is 5.97 Å². The van der Waals surface area contributed by atoms with E-state index in [-0.39, 0.29) is 11.3 Å². The maximum Gasteiger partial charge on any atom is 0.338 e. The van der Waals surface area contributed by atoms with Crippen molar-refractivity contribution in [2.45, 2.75) is 26.4 Å². The lowest BCUT2D eigenvalue weighted by Gasteiger charge is -2.27. The van der Waals surface area contributed by atoms with Crippen LogP contribution in [0.2, 0.25) is 0 Å². The summed E-state index contributed by atoms with van der Waals surface area (Å²) in [6, 6.07) is 3.39. The van der Waals surface area contributed by atoms with Crippen LogP contribution < -0.4 is 4.74 Å². The number of hydrogen-bond acceptors (Lipinski definition) is 5. The summed E-state index contributed by atoms with van der Waals surface area (Å²) in [6.07, 6.45) is 0. The molecule has 0 amide bonds. The molecule has 128 valence electrons. The van der Waals surface area contributed by atoms with Crippen LogP contribution in [0.1, 0.15) is 31.1 Å². The first-order valence-corrected chi connectivity index (χ1v) is 8.30. The molecule has 0 unspecified atom stereocenters. The zero-order valence-electron chi connectivity index (χ0n) is 13.1. The van der Waals surface area contributed by atoms with Gasteiger partial charge in [-0.2, -0.15) is 8.42 Å². The highest BCUT2D eigenvalue weighted by Crippen LogP contribution is 2.27. The minimum absolute atomic E-state index is 0.00532. The first-order valence-electron chi connectivity index (χ1n) is 6.69. The Kier molecular flexibility index (Phi) is 5.90. The lowest BCUT2D eigenvalue weighted by atomic mass is 10.0. The van der Waals surface area contributed by atoms with Crippen molar-refractivity contribution in [3.8, 4) is 5.75 Å². The van der Waals surface area contributed by atoms with Gasteiger partial charge in [-0.15, -0.1) is 0 Å². The molecule has 8 heteroatoms. The SMILES string of the molecule is C=C(C)C(C)(C)Oc1cc(C(=O)OCCS(=O)(=O)O)ccc1F. The van der Waals surface area contributed by atoms with Gasteiger partial charge in [-0.3, -0.25) is 4.55 Å². The summed E-state index contributed by atoms with van der Waals surface area (Å²) in [4.78, 5) is 11.8. The highest BCUT2D eigenvalue weighted by atomic mass is 32.2. The largest absolute Gasteiger partial charge is 0.480 e. The standard InChI is InChI=1S/C15H19FO6S/c1-10(2)15(3,4)22-13-9-11(5-6-12(13)16)14(17)21-7-8-23(18,19)20/h5-6,9H,1,7-8H2,2-4H3,(H,18,19,20). The van der Waals surface area contributed by atoms with E-state index in [1.54, 1.807) is 20.8 Å². The number of carbonyl (C=O) groups excluding carboxylic acids is 1. The molecule has 0 radical (unpaired) electrons. The number of benzene rings is 1. The Morgan fingerprint density at radius 2 is 2.00 bits per heavy atom. The molecule has 0 fully saturated rings. The minimum atomic E-state index is -4.22. The molecule has 0 atom stereocenters. The maximum absolute atomic E-state index is 13.8. The van der Waals surface area contributed by atoms with Crippen molar-refractivity contribution in [3.05, 3.63) is 41.7 Å². The predicted octanol–water partition coefficient (Wildman–Crippen LogP) is 2.60. The smallest absolute Gasteiger partial charge is 0.338 e. The Morgan fingerprint density at radius 1 is 1.39 bits per heavy atom. The van der Waals surface area contributed by atoms with Crippen molar-refractivity contribution in [1.29, 1.82) is 0 Å². The van der Waals surface area contributed by atoms with Crippen LogP contribution >= 0.6 is 0 Å². The predicted molar refractivity (Wildman–Crippen MR) is 82.6 cm³/mol. The monoisotopic (exact) mass is 346 g/mol. The Bertz CT molecular complexity index is 709. The van der Waals surface area contributed by atoms with Gasteiger partial charge in [-0.1, -0.05) is 6.58 Å². The van der Waals surface area contributed by atoms with Crippen LogP contribution in [-0.4, -0.2) is 36.9 Å². The summed E-state index contributed by atoms with van der Waals surface area (Å²) in [6.45, 7) is 8.37. The van der Waals surface area contributed by atoms with Crippen molar-refractivity contribution < 1.29 is 31.6 Å². The molecule has 1 N–H and O–H groups in total.